The van der Waals surface area contributed by atoms with Gasteiger partial charge in [-0.3, -0.25) is 14.9 Å². The number of para-hydroxylation sites is 1. The zero-order valence-corrected chi connectivity index (χ0v) is 19.6. The third-order valence-electron chi connectivity index (χ3n) is 5.24. The molecule has 170 valence electrons. The molecule has 1 aliphatic rings. The van der Waals surface area contributed by atoms with E-state index in [4.69, 9.17) is 14.2 Å². The van der Waals surface area contributed by atoms with Gasteiger partial charge in [-0.15, -0.1) is 0 Å². The first kappa shape index (κ1) is 23.9. The Morgan fingerprint density at radius 1 is 1.09 bits per heavy atom. The Morgan fingerprint density at radius 2 is 1.82 bits per heavy atom. The minimum absolute atomic E-state index is 0. The highest BCUT2D eigenvalue weighted by Crippen LogP contribution is 2.38. The molecule has 33 heavy (non-hydrogen) atoms. The quantitative estimate of drug-likeness (QED) is 0.209. The summed E-state index contributed by atoms with van der Waals surface area (Å²) in [6.45, 7) is 0.552. The van der Waals surface area contributed by atoms with Crippen molar-refractivity contribution in [2.45, 2.75) is 13.2 Å². The highest BCUT2D eigenvalue weighted by molar-refractivity contribution is 6.12. The standard InChI is InChI=1S/C24H21N2O6.BrH/c1-30-21-8-7-18-19(24(21)31-2)15-32-22(23(18)27)13-16-9-11-25(12-10-16)14-17-5-3-4-6-20(17)26(28)29;/h3-13H,14-15H2,1-2H3;1H/q+1;/p-1/b22-13-;. The van der Waals surface area contributed by atoms with Gasteiger partial charge in [-0.25, -0.2) is 4.57 Å². The number of carbonyl (C=O) groups is 1. The Bertz CT molecular complexity index is 1220. The number of methoxy groups -OCH3 is 2. The fraction of sp³-hybridized carbons (Fsp3) is 0.167. The molecule has 0 saturated heterocycles. The zero-order chi connectivity index (χ0) is 22.7. The summed E-state index contributed by atoms with van der Waals surface area (Å²) in [4.78, 5) is 23.8. The third kappa shape index (κ3) is 4.88. The van der Waals surface area contributed by atoms with E-state index >= 15 is 0 Å². The van der Waals surface area contributed by atoms with Crippen molar-refractivity contribution in [2.75, 3.05) is 14.2 Å². The molecule has 8 nitrogen and oxygen atoms in total. The minimum Gasteiger partial charge on any atom is -1.00 e. The lowest BCUT2D eigenvalue weighted by Gasteiger charge is -2.22. The first-order chi connectivity index (χ1) is 15.5. The molecule has 0 bridgehead atoms. The van der Waals surface area contributed by atoms with Crippen LogP contribution in [-0.2, 0) is 17.9 Å². The second-order valence-electron chi connectivity index (χ2n) is 7.14. The number of fused-ring (bicyclic) bond motifs is 1. The number of aromatic nitrogens is 1. The van der Waals surface area contributed by atoms with E-state index in [-0.39, 0.29) is 45.7 Å². The van der Waals surface area contributed by atoms with E-state index in [0.29, 0.717) is 34.7 Å². The van der Waals surface area contributed by atoms with E-state index in [1.807, 2.05) is 16.7 Å². The van der Waals surface area contributed by atoms with Gasteiger partial charge in [0.05, 0.1) is 24.7 Å². The Kier molecular flexibility index (Phi) is 7.44. The number of ketones is 1. The lowest BCUT2D eigenvalue weighted by molar-refractivity contribution is -0.688. The molecule has 0 spiro atoms. The summed E-state index contributed by atoms with van der Waals surface area (Å²) in [5.74, 6) is 1.04. The van der Waals surface area contributed by atoms with Crippen LogP contribution >= 0.6 is 0 Å². The number of allylic oxidation sites excluding steroid dienone is 1. The number of nitro groups is 1. The van der Waals surface area contributed by atoms with E-state index < -0.39 is 0 Å². The predicted molar refractivity (Wildman–Crippen MR) is 115 cm³/mol. The summed E-state index contributed by atoms with van der Waals surface area (Å²) in [5, 5.41) is 11.2. The number of pyridine rings is 1. The Labute approximate surface area is 201 Å². The summed E-state index contributed by atoms with van der Waals surface area (Å²) in [6.07, 6.45) is 5.29. The number of carbonyl (C=O) groups excluding carboxylic acids is 1. The molecule has 0 fully saturated rings. The average Bonchev–Trinajstić information content (AvgIpc) is 2.81. The van der Waals surface area contributed by atoms with Gasteiger partial charge in [-0.05, 0) is 29.8 Å². The van der Waals surface area contributed by atoms with Gasteiger partial charge in [0.2, 0.25) is 5.78 Å². The van der Waals surface area contributed by atoms with Crippen molar-refractivity contribution in [1.82, 2.24) is 0 Å². The van der Waals surface area contributed by atoms with Crippen molar-refractivity contribution < 1.29 is 45.5 Å². The van der Waals surface area contributed by atoms with Crippen LogP contribution < -0.4 is 31.0 Å². The smallest absolute Gasteiger partial charge is 0.278 e. The SMILES string of the molecule is COc1ccc2c(c1OC)CO/C(=C\c1cc[n+](Cc3ccccc3[N+](=O)[O-])cc1)C2=O.[Br-]. The van der Waals surface area contributed by atoms with Crippen molar-refractivity contribution in [2.24, 2.45) is 0 Å². The van der Waals surface area contributed by atoms with Gasteiger partial charge < -0.3 is 31.2 Å². The Morgan fingerprint density at radius 3 is 2.48 bits per heavy atom. The van der Waals surface area contributed by atoms with Crippen molar-refractivity contribution in [3.8, 4) is 11.5 Å². The zero-order valence-electron chi connectivity index (χ0n) is 18.0. The van der Waals surface area contributed by atoms with Crippen LogP contribution in [0.3, 0.4) is 0 Å². The summed E-state index contributed by atoms with van der Waals surface area (Å²) >= 11 is 0. The van der Waals surface area contributed by atoms with Crippen molar-refractivity contribution >= 4 is 17.5 Å². The van der Waals surface area contributed by atoms with E-state index in [2.05, 4.69) is 0 Å². The van der Waals surface area contributed by atoms with Gasteiger partial charge in [0.15, 0.2) is 36.2 Å². The average molecular weight is 513 g/mol. The molecule has 3 aromatic rings. The first-order valence-electron chi connectivity index (χ1n) is 9.86. The van der Waals surface area contributed by atoms with E-state index in [9.17, 15) is 14.9 Å². The monoisotopic (exact) mass is 512 g/mol. The molecule has 2 aromatic carbocycles. The molecule has 1 aromatic heterocycles. The highest BCUT2D eigenvalue weighted by atomic mass is 79.9. The maximum absolute atomic E-state index is 12.9. The number of hydrogen-bond donors (Lipinski definition) is 0. The number of benzene rings is 2. The van der Waals surface area contributed by atoms with E-state index in [0.717, 1.165) is 5.56 Å². The minimum atomic E-state index is -0.386. The first-order valence-corrected chi connectivity index (χ1v) is 9.86. The number of Topliss-reactive ketones (excluding diaryl/α,β-unsaturated/α-hetero) is 1. The second kappa shape index (κ2) is 10.3. The molecule has 0 amide bonds. The van der Waals surface area contributed by atoms with Crippen molar-refractivity contribution in [3.05, 3.63) is 99.1 Å². The van der Waals surface area contributed by atoms with Gasteiger partial charge in [-0.2, -0.15) is 0 Å². The van der Waals surface area contributed by atoms with E-state index in [1.54, 1.807) is 55.9 Å². The number of ether oxygens (including phenoxy) is 3. The maximum Gasteiger partial charge on any atom is 0.278 e. The molecular weight excluding hydrogens is 492 g/mol. The topological polar surface area (TPSA) is 91.8 Å². The lowest BCUT2D eigenvalue weighted by Crippen LogP contribution is -3.00. The highest BCUT2D eigenvalue weighted by Gasteiger charge is 2.28. The molecule has 0 unspecified atom stereocenters. The molecule has 0 atom stereocenters. The Hall–Kier alpha value is -3.72. The van der Waals surface area contributed by atoms with Crippen LogP contribution in [0.15, 0.2) is 66.7 Å². The van der Waals surface area contributed by atoms with Gasteiger partial charge >= 0.3 is 0 Å². The van der Waals surface area contributed by atoms with Crippen LogP contribution in [-0.4, -0.2) is 24.9 Å². The van der Waals surface area contributed by atoms with Gasteiger partial charge in [-0.1, -0.05) is 12.1 Å². The number of nitrogens with zero attached hydrogens (tertiary/aromatic N) is 2. The van der Waals surface area contributed by atoms with Crippen LogP contribution in [0.4, 0.5) is 5.69 Å². The second-order valence-corrected chi connectivity index (χ2v) is 7.14. The summed E-state index contributed by atoms with van der Waals surface area (Å²) in [6, 6.07) is 13.7. The van der Waals surface area contributed by atoms with Crippen LogP contribution in [0.5, 0.6) is 11.5 Å². The van der Waals surface area contributed by atoms with Crippen molar-refractivity contribution in [3.63, 3.8) is 0 Å². The number of nitro benzene ring substituents is 1. The fourth-order valence-electron chi connectivity index (χ4n) is 3.64. The molecule has 2 heterocycles. The summed E-state index contributed by atoms with van der Waals surface area (Å²) in [7, 11) is 3.07. The summed E-state index contributed by atoms with van der Waals surface area (Å²) in [5.41, 5.74) is 2.64. The predicted octanol–water partition coefficient (Wildman–Crippen LogP) is 0.706. The van der Waals surface area contributed by atoms with E-state index in [1.165, 1.54) is 13.2 Å². The number of halogens is 1. The molecule has 0 N–H and O–H groups in total. The Balaban J connectivity index is 0.00000306. The molecule has 0 radical (unpaired) electrons. The van der Waals surface area contributed by atoms with Gasteiger partial charge in [0.1, 0.15) is 6.61 Å². The van der Waals surface area contributed by atoms with Crippen LogP contribution in [0, 0.1) is 10.1 Å². The molecule has 0 saturated carbocycles. The number of rotatable bonds is 6. The van der Waals surface area contributed by atoms with Crippen LogP contribution in [0.2, 0.25) is 0 Å². The maximum atomic E-state index is 12.9. The summed E-state index contributed by atoms with van der Waals surface area (Å²) < 4.78 is 18.2. The molecule has 0 aliphatic carbocycles. The largest absolute Gasteiger partial charge is 1.00 e. The number of hydrogen-bond acceptors (Lipinski definition) is 6. The van der Waals surface area contributed by atoms with Gasteiger partial charge in [0.25, 0.3) is 5.69 Å². The van der Waals surface area contributed by atoms with Gasteiger partial charge in [0, 0.05) is 29.3 Å². The molecular formula is C24H21BrN2O6. The van der Waals surface area contributed by atoms with Crippen LogP contribution in [0.25, 0.3) is 6.08 Å². The molecule has 1 aliphatic heterocycles. The van der Waals surface area contributed by atoms with Crippen LogP contribution in [0.1, 0.15) is 27.0 Å². The van der Waals surface area contributed by atoms with Crippen molar-refractivity contribution in [1.29, 1.82) is 0 Å². The third-order valence-corrected chi connectivity index (χ3v) is 5.24. The molecule has 4 rings (SSSR count). The normalized spacial score (nSPS) is 13.5. The molecule has 9 heteroatoms. The lowest BCUT2D eigenvalue weighted by atomic mass is 9.98. The fourth-order valence-corrected chi connectivity index (χ4v) is 3.64.